The fourth-order valence-electron chi connectivity index (χ4n) is 1.55. The first kappa shape index (κ1) is 16.4. The van der Waals surface area contributed by atoms with Crippen LogP contribution in [0, 0.1) is 0 Å². The number of carbonyl (C=O) groups excluding carboxylic acids is 1. The molecular formula is C13H16N2O6. The average Bonchev–Trinajstić information content (AvgIpc) is 2.37. The Bertz CT molecular complexity index is 647. The first-order chi connectivity index (χ1) is 9.65. The summed E-state index contributed by atoms with van der Waals surface area (Å²) in [4.78, 5) is 45.7. The van der Waals surface area contributed by atoms with Crippen molar-refractivity contribution in [2.75, 3.05) is 0 Å². The lowest BCUT2D eigenvalue weighted by molar-refractivity contribution is -0.138. The highest BCUT2D eigenvalue weighted by molar-refractivity contribution is 5.98. The Kier molecular flexibility index (Phi) is 4.85. The van der Waals surface area contributed by atoms with E-state index in [4.69, 9.17) is 10.2 Å². The summed E-state index contributed by atoms with van der Waals surface area (Å²) in [5.41, 5.74) is -1.90. The minimum atomic E-state index is -1.45. The van der Waals surface area contributed by atoms with E-state index >= 15 is 0 Å². The Morgan fingerprint density at radius 1 is 1.10 bits per heavy atom. The molecule has 0 fully saturated rings. The maximum absolute atomic E-state index is 12.0. The van der Waals surface area contributed by atoms with Gasteiger partial charge in [0.15, 0.2) is 0 Å². The summed E-state index contributed by atoms with van der Waals surface area (Å²) >= 11 is 0. The lowest BCUT2D eigenvalue weighted by Gasteiger charge is -2.14. The first-order valence-corrected chi connectivity index (χ1v) is 6.18. The second-order valence-electron chi connectivity index (χ2n) is 4.79. The molecule has 0 spiro atoms. The van der Waals surface area contributed by atoms with Crippen LogP contribution in [0.5, 0.6) is 0 Å². The summed E-state index contributed by atoms with van der Waals surface area (Å²) in [5.74, 6) is -3.63. The van der Waals surface area contributed by atoms with Gasteiger partial charge in [0.2, 0.25) is 5.43 Å². The number of rotatable bonds is 5. The van der Waals surface area contributed by atoms with Crippen molar-refractivity contribution in [3.63, 3.8) is 0 Å². The minimum Gasteiger partial charge on any atom is -0.480 e. The number of amides is 1. The van der Waals surface area contributed by atoms with Gasteiger partial charge >= 0.3 is 11.9 Å². The molecule has 8 nitrogen and oxygen atoms in total. The second kappa shape index (κ2) is 6.21. The van der Waals surface area contributed by atoms with Crippen molar-refractivity contribution >= 4 is 17.8 Å². The van der Waals surface area contributed by atoms with Crippen LogP contribution in [-0.4, -0.2) is 38.7 Å². The Morgan fingerprint density at radius 2 is 1.62 bits per heavy atom. The zero-order chi connectivity index (χ0) is 16.3. The zero-order valence-corrected chi connectivity index (χ0v) is 11.8. The molecule has 1 aromatic rings. The summed E-state index contributed by atoms with van der Waals surface area (Å²) in [6.07, 6.45) is 2.36. The van der Waals surface area contributed by atoms with Gasteiger partial charge < -0.3 is 20.1 Å². The Morgan fingerprint density at radius 3 is 2.05 bits per heavy atom. The molecule has 0 aliphatic rings. The van der Waals surface area contributed by atoms with Gasteiger partial charge in [-0.2, -0.15) is 0 Å². The van der Waals surface area contributed by atoms with Crippen LogP contribution in [0.1, 0.15) is 47.5 Å². The van der Waals surface area contributed by atoms with Crippen molar-refractivity contribution < 1.29 is 24.6 Å². The van der Waals surface area contributed by atoms with E-state index in [1.807, 2.05) is 0 Å². The van der Waals surface area contributed by atoms with Crippen LogP contribution in [-0.2, 0) is 4.79 Å². The van der Waals surface area contributed by atoms with Crippen LogP contribution in [0.3, 0.4) is 0 Å². The first-order valence-electron chi connectivity index (χ1n) is 6.18. The van der Waals surface area contributed by atoms with Crippen molar-refractivity contribution in [3.8, 4) is 0 Å². The summed E-state index contributed by atoms with van der Waals surface area (Å²) in [5, 5.41) is 19.9. The van der Waals surface area contributed by atoms with Gasteiger partial charge in [-0.05, 0) is 20.8 Å². The predicted octanol–water partition coefficient (Wildman–Crippen LogP) is 0.330. The quantitative estimate of drug-likeness (QED) is 0.719. The molecule has 0 aliphatic carbocycles. The lowest BCUT2D eigenvalue weighted by atomic mass is 10.1. The molecule has 1 rings (SSSR count). The standard InChI is InChI=1S/C13H16N2O6/c1-6(2)15-4-8(10(16)9(5-15)13(20)21)11(17)14-7(3)12(18)19/h4-7H,1-3H3,(H,14,17)(H,18,19)(H,20,21)/t7-/m1/s1. The molecule has 0 saturated heterocycles. The summed E-state index contributed by atoms with van der Waals surface area (Å²) < 4.78 is 1.41. The number of carboxylic acids is 2. The number of nitrogens with zero attached hydrogens (tertiary/aromatic N) is 1. The lowest BCUT2D eigenvalue weighted by Crippen LogP contribution is -2.41. The molecule has 21 heavy (non-hydrogen) atoms. The van der Waals surface area contributed by atoms with E-state index in [0.29, 0.717) is 0 Å². The third-order valence-corrected chi connectivity index (χ3v) is 2.83. The van der Waals surface area contributed by atoms with Gasteiger partial charge in [0.25, 0.3) is 5.91 Å². The Balaban J connectivity index is 3.34. The molecule has 3 N–H and O–H groups in total. The van der Waals surface area contributed by atoms with Gasteiger partial charge in [-0.3, -0.25) is 14.4 Å². The third kappa shape index (κ3) is 3.68. The van der Waals surface area contributed by atoms with Gasteiger partial charge in [0.1, 0.15) is 17.2 Å². The fraction of sp³-hybridized carbons (Fsp3) is 0.385. The van der Waals surface area contributed by atoms with Crippen LogP contribution in [0.25, 0.3) is 0 Å². The third-order valence-electron chi connectivity index (χ3n) is 2.83. The number of aliphatic carboxylic acids is 1. The number of carbonyl (C=O) groups is 3. The van der Waals surface area contributed by atoms with Crippen LogP contribution < -0.4 is 10.7 Å². The van der Waals surface area contributed by atoms with Crippen molar-refractivity contribution in [3.05, 3.63) is 33.7 Å². The Hall–Kier alpha value is -2.64. The number of carboxylic acid groups (broad SMARTS) is 2. The smallest absolute Gasteiger partial charge is 0.341 e. The summed E-state index contributed by atoms with van der Waals surface area (Å²) in [6, 6.07) is -1.37. The van der Waals surface area contributed by atoms with E-state index < -0.39 is 40.4 Å². The maximum atomic E-state index is 12.0. The molecule has 0 bridgehead atoms. The molecule has 1 aromatic heterocycles. The van der Waals surface area contributed by atoms with Crippen molar-refractivity contribution in [1.82, 2.24) is 9.88 Å². The maximum Gasteiger partial charge on any atom is 0.341 e. The highest BCUT2D eigenvalue weighted by atomic mass is 16.4. The van der Waals surface area contributed by atoms with E-state index in [2.05, 4.69) is 5.32 Å². The number of hydrogen-bond donors (Lipinski definition) is 3. The molecular weight excluding hydrogens is 280 g/mol. The predicted molar refractivity (Wildman–Crippen MR) is 72.6 cm³/mol. The number of aromatic carboxylic acids is 1. The number of aromatic nitrogens is 1. The normalized spacial score (nSPS) is 12.0. The minimum absolute atomic E-state index is 0.174. The topological polar surface area (TPSA) is 126 Å². The molecule has 8 heteroatoms. The van der Waals surface area contributed by atoms with Gasteiger partial charge in [-0.1, -0.05) is 0 Å². The van der Waals surface area contributed by atoms with Crippen molar-refractivity contribution in [2.45, 2.75) is 32.9 Å². The zero-order valence-electron chi connectivity index (χ0n) is 11.8. The second-order valence-corrected chi connectivity index (χ2v) is 4.79. The highest BCUT2D eigenvalue weighted by Crippen LogP contribution is 2.07. The average molecular weight is 296 g/mol. The van der Waals surface area contributed by atoms with Gasteiger partial charge in [-0.15, -0.1) is 0 Å². The fourth-order valence-corrected chi connectivity index (χ4v) is 1.55. The highest BCUT2D eigenvalue weighted by Gasteiger charge is 2.22. The van der Waals surface area contributed by atoms with E-state index in [0.717, 1.165) is 6.20 Å². The molecule has 0 unspecified atom stereocenters. The molecule has 0 saturated carbocycles. The largest absolute Gasteiger partial charge is 0.480 e. The van der Waals surface area contributed by atoms with Gasteiger partial charge in [-0.25, -0.2) is 4.79 Å². The van der Waals surface area contributed by atoms with E-state index in [-0.39, 0.29) is 6.04 Å². The van der Waals surface area contributed by atoms with Crippen LogP contribution in [0.15, 0.2) is 17.2 Å². The number of pyridine rings is 1. The van der Waals surface area contributed by atoms with Gasteiger partial charge in [0, 0.05) is 18.4 Å². The van der Waals surface area contributed by atoms with E-state index in [1.165, 1.54) is 17.7 Å². The monoisotopic (exact) mass is 296 g/mol. The molecule has 0 aromatic carbocycles. The Labute approximate surface area is 120 Å². The van der Waals surface area contributed by atoms with Crippen LogP contribution >= 0.6 is 0 Å². The molecule has 0 radical (unpaired) electrons. The molecule has 1 amide bonds. The molecule has 0 aliphatic heterocycles. The van der Waals surface area contributed by atoms with Crippen molar-refractivity contribution in [1.29, 1.82) is 0 Å². The SMILES string of the molecule is CC(C)n1cc(C(=O)O)c(=O)c(C(=O)N[C@H](C)C(=O)O)c1. The van der Waals surface area contributed by atoms with Crippen LogP contribution in [0.4, 0.5) is 0 Å². The van der Waals surface area contributed by atoms with E-state index in [1.54, 1.807) is 13.8 Å². The molecule has 114 valence electrons. The molecule has 1 atom stereocenters. The van der Waals surface area contributed by atoms with E-state index in [9.17, 15) is 19.2 Å². The number of hydrogen-bond acceptors (Lipinski definition) is 4. The van der Waals surface area contributed by atoms with Gasteiger partial charge in [0.05, 0.1) is 0 Å². The summed E-state index contributed by atoms with van der Waals surface area (Å²) in [6.45, 7) is 4.73. The summed E-state index contributed by atoms with van der Waals surface area (Å²) in [7, 11) is 0. The molecule has 1 heterocycles. The van der Waals surface area contributed by atoms with Crippen molar-refractivity contribution in [2.24, 2.45) is 0 Å². The van der Waals surface area contributed by atoms with Crippen LogP contribution in [0.2, 0.25) is 0 Å². The number of nitrogens with one attached hydrogen (secondary N) is 1.